The summed E-state index contributed by atoms with van der Waals surface area (Å²) in [7, 11) is 1.80. The summed E-state index contributed by atoms with van der Waals surface area (Å²) in [6.45, 7) is 1.08. The Morgan fingerprint density at radius 3 is 2.65 bits per heavy atom. The average molecular weight is 278 g/mol. The number of aliphatic hydroxyl groups is 1. The van der Waals surface area contributed by atoms with Crippen molar-refractivity contribution in [1.29, 1.82) is 0 Å². The van der Waals surface area contributed by atoms with Gasteiger partial charge in [0.1, 0.15) is 5.75 Å². The number of nitrogens with two attached hydrogens (primary N) is 1. The Bertz CT molecular complexity index is 441. The summed E-state index contributed by atoms with van der Waals surface area (Å²) in [5, 5.41) is 9.22. The smallest absolute Gasteiger partial charge is 0.225 e. The molecule has 1 amide bonds. The van der Waals surface area contributed by atoms with Crippen LogP contribution in [0.5, 0.6) is 5.75 Å². The van der Waals surface area contributed by atoms with Crippen molar-refractivity contribution in [2.75, 3.05) is 25.9 Å². The van der Waals surface area contributed by atoms with Gasteiger partial charge in [-0.1, -0.05) is 0 Å². The number of aliphatic hydroxyl groups excluding tert-OH is 1. The van der Waals surface area contributed by atoms with E-state index < -0.39 is 0 Å². The first-order valence-electron chi connectivity index (χ1n) is 6.95. The van der Waals surface area contributed by atoms with E-state index in [2.05, 4.69) is 0 Å². The van der Waals surface area contributed by atoms with Crippen LogP contribution in [-0.2, 0) is 4.79 Å². The quantitative estimate of drug-likeness (QED) is 0.768. The highest BCUT2D eigenvalue weighted by Crippen LogP contribution is 2.27. The molecular weight excluding hydrogens is 256 g/mol. The van der Waals surface area contributed by atoms with Crippen LogP contribution in [0.1, 0.15) is 19.3 Å². The van der Waals surface area contributed by atoms with Crippen molar-refractivity contribution in [2.45, 2.75) is 25.4 Å². The molecule has 0 unspecified atom stereocenters. The van der Waals surface area contributed by atoms with E-state index in [0.717, 1.165) is 25.1 Å². The molecule has 20 heavy (non-hydrogen) atoms. The Kier molecular flexibility index (Phi) is 4.84. The minimum Gasteiger partial charge on any atom is -0.493 e. The minimum absolute atomic E-state index is 0.0711. The molecule has 1 aromatic carbocycles. The first-order valence-corrected chi connectivity index (χ1v) is 6.95. The summed E-state index contributed by atoms with van der Waals surface area (Å²) in [4.78, 5) is 13.6. The number of anilines is 1. The van der Waals surface area contributed by atoms with Crippen LogP contribution >= 0.6 is 0 Å². The monoisotopic (exact) mass is 278 g/mol. The van der Waals surface area contributed by atoms with Crippen molar-refractivity contribution in [3.8, 4) is 5.75 Å². The van der Waals surface area contributed by atoms with Gasteiger partial charge in [-0.25, -0.2) is 0 Å². The van der Waals surface area contributed by atoms with Crippen LogP contribution in [0.3, 0.4) is 0 Å². The first kappa shape index (κ1) is 14.7. The summed E-state index contributed by atoms with van der Waals surface area (Å²) in [6.07, 6.45) is 1.80. The molecule has 5 nitrogen and oxygen atoms in total. The molecule has 0 heterocycles. The number of carbonyl (C=O) groups excluding carboxylic acids is 1. The van der Waals surface area contributed by atoms with Gasteiger partial charge in [-0.05, 0) is 43.0 Å². The summed E-state index contributed by atoms with van der Waals surface area (Å²) in [6, 6.07) is 7.12. The Morgan fingerprint density at radius 1 is 1.40 bits per heavy atom. The molecular formula is C15H22N2O3. The summed E-state index contributed by atoms with van der Waals surface area (Å²) in [5.74, 6) is 1.23. The van der Waals surface area contributed by atoms with Crippen molar-refractivity contribution >= 4 is 11.6 Å². The summed E-state index contributed by atoms with van der Waals surface area (Å²) >= 11 is 0. The molecule has 0 bridgehead atoms. The van der Waals surface area contributed by atoms with Gasteiger partial charge >= 0.3 is 0 Å². The number of ether oxygens (including phenoxy) is 1. The molecule has 3 N–H and O–H groups in total. The zero-order chi connectivity index (χ0) is 14.5. The number of nitrogens with zero attached hydrogens (tertiary/aromatic N) is 1. The lowest BCUT2D eigenvalue weighted by Crippen LogP contribution is -2.39. The molecule has 0 saturated heterocycles. The summed E-state index contributed by atoms with van der Waals surface area (Å²) < 4.78 is 5.50. The molecule has 1 aliphatic carbocycles. The van der Waals surface area contributed by atoms with Crippen LogP contribution in [0.4, 0.5) is 5.69 Å². The lowest BCUT2D eigenvalue weighted by atomic mass is 9.82. The van der Waals surface area contributed by atoms with Crippen LogP contribution in [0.2, 0.25) is 0 Å². The van der Waals surface area contributed by atoms with E-state index in [0.29, 0.717) is 24.6 Å². The molecule has 1 fully saturated rings. The fourth-order valence-electron chi connectivity index (χ4n) is 2.35. The predicted octanol–water partition coefficient (Wildman–Crippen LogP) is 1.27. The van der Waals surface area contributed by atoms with Gasteiger partial charge in [0.15, 0.2) is 0 Å². The van der Waals surface area contributed by atoms with E-state index in [9.17, 15) is 9.90 Å². The van der Waals surface area contributed by atoms with Crippen molar-refractivity contribution in [3.63, 3.8) is 0 Å². The fourth-order valence-corrected chi connectivity index (χ4v) is 2.35. The van der Waals surface area contributed by atoms with Crippen molar-refractivity contribution in [3.05, 3.63) is 24.3 Å². The highest BCUT2D eigenvalue weighted by Gasteiger charge is 2.28. The lowest BCUT2D eigenvalue weighted by molar-refractivity contribution is -0.132. The number of hydrogen-bond donors (Lipinski definition) is 2. The Balaban J connectivity index is 1.65. The third-order valence-electron chi connectivity index (χ3n) is 3.63. The van der Waals surface area contributed by atoms with Crippen molar-refractivity contribution in [1.82, 2.24) is 4.90 Å². The second-order valence-corrected chi connectivity index (χ2v) is 5.43. The minimum atomic E-state index is -0.169. The zero-order valence-corrected chi connectivity index (χ0v) is 11.8. The molecule has 2 rings (SSSR count). The maximum atomic E-state index is 11.9. The number of rotatable bonds is 6. The fraction of sp³-hybridized carbons (Fsp3) is 0.533. The van der Waals surface area contributed by atoms with E-state index in [1.807, 2.05) is 0 Å². The van der Waals surface area contributed by atoms with Crippen LogP contribution < -0.4 is 10.5 Å². The van der Waals surface area contributed by atoms with Gasteiger partial charge in [0.05, 0.1) is 19.1 Å². The van der Waals surface area contributed by atoms with Gasteiger partial charge in [-0.3, -0.25) is 4.79 Å². The molecule has 0 radical (unpaired) electrons. The molecule has 110 valence electrons. The Hall–Kier alpha value is -1.75. The van der Waals surface area contributed by atoms with Crippen molar-refractivity contribution < 1.29 is 14.6 Å². The van der Waals surface area contributed by atoms with Crippen LogP contribution in [0, 0.1) is 5.92 Å². The molecule has 0 aromatic heterocycles. The predicted molar refractivity (Wildman–Crippen MR) is 77.3 cm³/mol. The second kappa shape index (κ2) is 6.61. The summed E-state index contributed by atoms with van der Waals surface area (Å²) in [5.41, 5.74) is 6.27. The van der Waals surface area contributed by atoms with Gasteiger partial charge in [-0.2, -0.15) is 0 Å². The van der Waals surface area contributed by atoms with Crippen LogP contribution in [0.15, 0.2) is 24.3 Å². The molecule has 5 heteroatoms. The molecule has 0 atom stereocenters. The highest BCUT2D eigenvalue weighted by molar-refractivity contribution is 5.76. The SMILES string of the molecule is CN(CC1CC(O)C1)C(=O)CCOc1ccc(N)cc1. The van der Waals surface area contributed by atoms with Gasteiger partial charge < -0.3 is 20.5 Å². The van der Waals surface area contributed by atoms with Gasteiger partial charge in [0.2, 0.25) is 5.91 Å². The van der Waals surface area contributed by atoms with Crippen LogP contribution in [0.25, 0.3) is 0 Å². The third-order valence-corrected chi connectivity index (χ3v) is 3.63. The van der Waals surface area contributed by atoms with Crippen molar-refractivity contribution in [2.24, 2.45) is 5.92 Å². The van der Waals surface area contributed by atoms with E-state index in [4.69, 9.17) is 10.5 Å². The van der Waals surface area contributed by atoms with E-state index in [1.54, 1.807) is 36.2 Å². The topological polar surface area (TPSA) is 75.8 Å². The molecule has 0 spiro atoms. The third kappa shape index (κ3) is 4.13. The second-order valence-electron chi connectivity index (χ2n) is 5.43. The number of nitrogen functional groups attached to an aromatic ring is 1. The maximum Gasteiger partial charge on any atom is 0.225 e. The molecule has 1 saturated carbocycles. The van der Waals surface area contributed by atoms with E-state index in [-0.39, 0.29) is 12.0 Å². The van der Waals surface area contributed by atoms with Gasteiger partial charge in [-0.15, -0.1) is 0 Å². The Labute approximate surface area is 119 Å². The number of carbonyl (C=O) groups is 1. The maximum absolute atomic E-state index is 11.9. The van der Waals surface area contributed by atoms with Gasteiger partial charge in [0.25, 0.3) is 0 Å². The van der Waals surface area contributed by atoms with E-state index >= 15 is 0 Å². The van der Waals surface area contributed by atoms with Crippen LogP contribution in [-0.4, -0.2) is 42.2 Å². The van der Waals surface area contributed by atoms with E-state index in [1.165, 1.54) is 0 Å². The lowest BCUT2D eigenvalue weighted by Gasteiger charge is -2.34. The molecule has 1 aromatic rings. The standard InChI is InChI=1S/C15H22N2O3/c1-17(10-11-8-13(18)9-11)15(19)6-7-20-14-4-2-12(16)3-5-14/h2-5,11,13,18H,6-10,16H2,1H3. The molecule has 1 aliphatic rings. The first-order chi connectivity index (χ1) is 9.54. The van der Waals surface area contributed by atoms with Gasteiger partial charge in [0, 0.05) is 19.3 Å². The normalized spacial score (nSPS) is 21.1. The number of hydrogen-bond acceptors (Lipinski definition) is 4. The number of benzene rings is 1. The average Bonchev–Trinajstić information content (AvgIpc) is 2.39. The highest BCUT2D eigenvalue weighted by atomic mass is 16.5. The zero-order valence-electron chi connectivity index (χ0n) is 11.8. The number of amides is 1. The Morgan fingerprint density at radius 2 is 2.05 bits per heavy atom. The molecule has 0 aliphatic heterocycles. The largest absolute Gasteiger partial charge is 0.493 e.